The number of hydrogen-bond acceptors (Lipinski definition) is 3. The molecule has 2 aromatic carbocycles. The number of nitrogens with one attached hydrogen (secondary N) is 1. The summed E-state index contributed by atoms with van der Waals surface area (Å²) < 4.78 is 24.3. The Balaban J connectivity index is 1.78. The normalized spacial score (nSPS) is 11.3. The van der Waals surface area contributed by atoms with Crippen molar-refractivity contribution in [1.29, 1.82) is 0 Å². The first-order valence-corrected chi connectivity index (χ1v) is 7.27. The number of rotatable bonds is 5. The van der Waals surface area contributed by atoms with Crippen molar-refractivity contribution in [2.75, 3.05) is 7.11 Å². The van der Waals surface area contributed by atoms with Crippen molar-refractivity contribution in [2.24, 2.45) is 0 Å². The third-order valence-electron chi connectivity index (χ3n) is 3.40. The number of aromatic nitrogens is 2. The molecule has 0 saturated heterocycles. The van der Waals surface area contributed by atoms with Gasteiger partial charge in [-0.15, -0.1) is 0 Å². The van der Waals surface area contributed by atoms with E-state index in [1.807, 2.05) is 37.3 Å². The summed E-state index contributed by atoms with van der Waals surface area (Å²) in [6, 6.07) is 10.2. The number of imidazole rings is 1. The molecule has 0 atom stereocenters. The molecule has 0 unspecified atom stereocenters. The highest BCUT2D eigenvalue weighted by Crippen LogP contribution is 2.29. The van der Waals surface area contributed by atoms with E-state index < -0.39 is 0 Å². The molecule has 0 aliphatic rings. The molecule has 1 N–H and O–H groups in total. The van der Waals surface area contributed by atoms with Gasteiger partial charge in [0, 0.05) is 0 Å². The molecule has 0 spiro atoms. The summed E-state index contributed by atoms with van der Waals surface area (Å²) in [6.45, 7) is 2.21. The Morgan fingerprint density at radius 3 is 2.83 bits per heavy atom. The van der Waals surface area contributed by atoms with Gasteiger partial charge in [-0.25, -0.2) is 9.37 Å². The van der Waals surface area contributed by atoms with E-state index in [2.05, 4.69) is 9.97 Å². The number of allylic oxidation sites excluding steroid dienone is 1. The minimum absolute atomic E-state index is 0.246. The molecule has 23 heavy (non-hydrogen) atoms. The number of nitrogens with zero attached hydrogens (tertiary/aromatic N) is 1. The number of hydrogen-bond donors (Lipinski definition) is 1. The largest absolute Gasteiger partial charge is 0.493 e. The first kappa shape index (κ1) is 15.1. The van der Waals surface area contributed by atoms with Crippen LogP contribution in [-0.2, 0) is 6.61 Å². The lowest BCUT2D eigenvalue weighted by Gasteiger charge is -2.10. The number of H-pyrrole nitrogens is 1. The van der Waals surface area contributed by atoms with Crippen LogP contribution in [0.5, 0.6) is 11.5 Å². The van der Waals surface area contributed by atoms with Gasteiger partial charge in [-0.3, -0.25) is 0 Å². The van der Waals surface area contributed by atoms with Crippen LogP contribution in [0.2, 0.25) is 0 Å². The zero-order valence-electron chi connectivity index (χ0n) is 13.0. The molecule has 0 radical (unpaired) electrons. The summed E-state index contributed by atoms with van der Waals surface area (Å²) in [5.74, 6) is 1.62. The van der Waals surface area contributed by atoms with Crippen LogP contribution in [0.15, 0.2) is 42.5 Å². The van der Waals surface area contributed by atoms with Gasteiger partial charge in [0.1, 0.15) is 18.2 Å². The van der Waals surface area contributed by atoms with Crippen molar-refractivity contribution >= 4 is 17.1 Å². The van der Waals surface area contributed by atoms with E-state index in [1.165, 1.54) is 12.1 Å². The Hall–Kier alpha value is -2.82. The van der Waals surface area contributed by atoms with Gasteiger partial charge >= 0.3 is 0 Å². The van der Waals surface area contributed by atoms with Gasteiger partial charge in [0.25, 0.3) is 0 Å². The van der Waals surface area contributed by atoms with E-state index in [9.17, 15) is 4.39 Å². The van der Waals surface area contributed by atoms with E-state index in [4.69, 9.17) is 9.47 Å². The Morgan fingerprint density at radius 1 is 1.17 bits per heavy atom. The molecule has 0 bridgehead atoms. The molecule has 118 valence electrons. The summed E-state index contributed by atoms with van der Waals surface area (Å²) in [5.41, 5.74) is 2.40. The first-order valence-electron chi connectivity index (χ1n) is 7.27. The van der Waals surface area contributed by atoms with Crippen LogP contribution in [0.4, 0.5) is 4.39 Å². The molecule has 0 amide bonds. The van der Waals surface area contributed by atoms with Gasteiger partial charge in [0.2, 0.25) is 0 Å². The second kappa shape index (κ2) is 6.52. The molecule has 5 heteroatoms. The van der Waals surface area contributed by atoms with Crippen molar-refractivity contribution in [3.05, 3.63) is 59.7 Å². The fraction of sp³-hybridized carbons (Fsp3) is 0.167. The van der Waals surface area contributed by atoms with E-state index in [1.54, 1.807) is 13.2 Å². The van der Waals surface area contributed by atoms with Gasteiger partial charge in [-0.1, -0.05) is 18.2 Å². The van der Waals surface area contributed by atoms with Crippen molar-refractivity contribution in [3.63, 3.8) is 0 Å². The van der Waals surface area contributed by atoms with E-state index in [0.717, 1.165) is 5.56 Å². The SMILES string of the molecule is C/C=C\c1ccc(OCc2nc3ccc(F)cc3[nH]2)c(OC)c1. The molecule has 0 fully saturated rings. The summed E-state index contributed by atoms with van der Waals surface area (Å²) in [7, 11) is 1.60. The van der Waals surface area contributed by atoms with E-state index in [-0.39, 0.29) is 12.4 Å². The zero-order chi connectivity index (χ0) is 16.2. The Labute approximate surface area is 133 Å². The van der Waals surface area contributed by atoms with Crippen LogP contribution < -0.4 is 9.47 Å². The Morgan fingerprint density at radius 2 is 2.04 bits per heavy atom. The molecule has 0 aliphatic carbocycles. The van der Waals surface area contributed by atoms with Crippen LogP contribution in [0.3, 0.4) is 0 Å². The summed E-state index contributed by atoms with van der Waals surface area (Å²) >= 11 is 0. The molecule has 0 saturated carbocycles. The van der Waals surface area contributed by atoms with Gasteiger partial charge < -0.3 is 14.5 Å². The fourth-order valence-corrected chi connectivity index (χ4v) is 2.35. The molecular weight excluding hydrogens is 295 g/mol. The minimum Gasteiger partial charge on any atom is -0.493 e. The van der Waals surface area contributed by atoms with E-state index >= 15 is 0 Å². The number of ether oxygens (including phenoxy) is 2. The average molecular weight is 312 g/mol. The van der Waals surface area contributed by atoms with Crippen LogP contribution in [0.1, 0.15) is 18.3 Å². The third kappa shape index (κ3) is 3.34. The maximum absolute atomic E-state index is 13.2. The standard InChI is InChI=1S/C18H17FN2O2/c1-3-4-12-5-8-16(17(9-12)22-2)23-11-18-20-14-7-6-13(19)10-15(14)21-18/h3-10H,11H2,1-2H3,(H,20,21)/b4-3-. The second-order valence-electron chi connectivity index (χ2n) is 5.04. The van der Waals surface area contributed by atoms with Crippen molar-refractivity contribution in [3.8, 4) is 11.5 Å². The Kier molecular flexibility index (Phi) is 4.28. The number of benzene rings is 2. The monoisotopic (exact) mass is 312 g/mol. The zero-order valence-corrected chi connectivity index (χ0v) is 13.0. The number of aromatic amines is 1. The van der Waals surface area contributed by atoms with E-state index in [0.29, 0.717) is 28.4 Å². The molecule has 0 aliphatic heterocycles. The maximum atomic E-state index is 13.2. The lowest BCUT2D eigenvalue weighted by atomic mass is 10.2. The molecule has 1 aromatic heterocycles. The van der Waals surface area contributed by atoms with Gasteiger partial charge in [-0.2, -0.15) is 0 Å². The van der Waals surface area contributed by atoms with Gasteiger partial charge in [0.15, 0.2) is 11.5 Å². The summed E-state index contributed by atoms with van der Waals surface area (Å²) in [4.78, 5) is 7.42. The predicted molar refractivity (Wildman–Crippen MR) is 88.1 cm³/mol. The Bertz CT molecular complexity index is 855. The number of fused-ring (bicyclic) bond motifs is 1. The minimum atomic E-state index is -0.296. The van der Waals surface area contributed by atoms with Crippen LogP contribution in [-0.4, -0.2) is 17.1 Å². The quantitative estimate of drug-likeness (QED) is 0.763. The predicted octanol–water partition coefficient (Wildman–Crippen LogP) is 4.32. The third-order valence-corrected chi connectivity index (χ3v) is 3.40. The van der Waals surface area contributed by atoms with Crippen molar-refractivity contribution in [1.82, 2.24) is 9.97 Å². The number of methoxy groups -OCH3 is 1. The van der Waals surface area contributed by atoms with Crippen LogP contribution in [0.25, 0.3) is 17.1 Å². The molecule has 1 heterocycles. The highest BCUT2D eigenvalue weighted by atomic mass is 19.1. The fourth-order valence-electron chi connectivity index (χ4n) is 2.35. The lowest BCUT2D eigenvalue weighted by molar-refractivity contribution is 0.277. The van der Waals surface area contributed by atoms with Crippen LogP contribution in [0, 0.1) is 5.82 Å². The van der Waals surface area contributed by atoms with Crippen LogP contribution >= 0.6 is 0 Å². The molecule has 3 rings (SSSR count). The average Bonchev–Trinajstić information content (AvgIpc) is 2.95. The highest BCUT2D eigenvalue weighted by Gasteiger charge is 2.08. The smallest absolute Gasteiger partial charge is 0.161 e. The summed E-state index contributed by atoms with van der Waals surface area (Å²) in [6.07, 6.45) is 3.95. The lowest BCUT2D eigenvalue weighted by Crippen LogP contribution is -1.99. The highest BCUT2D eigenvalue weighted by molar-refractivity contribution is 5.74. The maximum Gasteiger partial charge on any atom is 0.161 e. The number of halogens is 1. The van der Waals surface area contributed by atoms with Gasteiger partial charge in [0.05, 0.1) is 18.1 Å². The van der Waals surface area contributed by atoms with Gasteiger partial charge in [-0.05, 0) is 42.8 Å². The first-order chi connectivity index (χ1) is 11.2. The second-order valence-corrected chi connectivity index (χ2v) is 5.04. The molecule has 4 nitrogen and oxygen atoms in total. The summed E-state index contributed by atoms with van der Waals surface area (Å²) in [5, 5.41) is 0. The van der Waals surface area contributed by atoms with Crippen molar-refractivity contribution in [2.45, 2.75) is 13.5 Å². The van der Waals surface area contributed by atoms with Crippen molar-refractivity contribution < 1.29 is 13.9 Å². The molecule has 3 aromatic rings. The topological polar surface area (TPSA) is 47.1 Å². The molecular formula is C18H17FN2O2.